The van der Waals surface area contributed by atoms with E-state index in [0.717, 1.165) is 25.7 Å². The molecule has 0 bridgehead atoms. The van der Waals surface area contributed by atoms with Crippen molar-refractivity contribution in [3.8, 4) is 0 Å². The largest absolute Gasteiger partial charge is 0.490 e. The highest BCUT2D eigenvalue weighted by Gasteiger charge is 2.46. The molecule has 0 saturated heterocycles. The van der Waals surface area contributed by atoms with Crippen LogP contribution in [0, 0.1) is 5.92 Å². The molecule has 0 amide bonds. The van der Waals surface area contributed by atoms with E-state index in [1.807, 2.05) is 0 Å². The van der Waals surface area contributed by atoms with Gasteiger partial charge in [0.05, 0.1) is 11.8 Å². The lowest BCUT2D eigenvalue weighted by atomic mass is 9.77. The minimum absolute atomic E-state index is 0.225. The quantitative estimate of drug-likeness (QED) is 0.370. The summed E-state index contributed by atoms with van der Waals surface area (Å²) in [5.41, 5.74) is 9.12. The molecule has 8 rings (SSSR count). The first-order valence-electron chi connectivity index (χ1n) is 15.9. The Bertz CT molecular complexity index is 1330. The number of fused-ring (bicyclic) bond motifs is 5. The summed E-state index contributed by atoms with van der Waals surface area (Å²) in [5, 5.41) is 0. The number of ether oxygens (including phenoxy) is 1. The van der Waals surface area contributed by atoms with Gasteiger partial charge in [0, 0.05) is 47.1 Å². The summed E-state index contributed by atoms with van der Waals surface area (Å²) in [6.07, 6.45) is 35.3. The Morgan fingerprint density at radius 1 is 0.872 bits per heavy atom. The van der Waals surface area contributed by atoms with E-state index in [1.165, 1.54) is 80.6 Å². The number of anilines is 2. The van der Waals surface area contributed by atoms with E-state index < -0.39 is 0 Å². The maximum Gasteiger partial charge on any atom is 0.125 e. The van der Waals surface area contributed by atoms with E-state index in [1.54, 1.807) is 16.8 Å². The van der Waals surface area contributed by atoms with Gasteiger partial charge in [-0.05, 0) is 119 Å². The minimum atomic E-state index is 0.225. The Kier molecular flexibility index (Phi) is 6.08. The van der Waals surface area contributed by atoms with Gasteiger partial charge >= 0.3 is 0 Å². The van der Waals surface area contributed by atoms with Gasteiger partial charge < -0.3 is 14.5 Å². The van der Waals surface area contributed by atoms with Crippen LogP contribution in [0.2, 0.25) is 0 Å². The third-order valence-corrected chi connectivity index (χ3v) is 10.5. The van der Waals surface area contributed by atoms with Crippen LogP contribution in [0.25, 0.3) is 0 Å². The first kappa shape index (κ1) is 23.9. The predicted molar refractivity (Wildman–Crippen MR) is 161 cm³/mol. The molecule has 39 heavy (non-hydrogen) atoms. The van der Waals surface area contributed by atoms with Gasteiger partial charge in [0.2, 0.25) is 0 Å². The number of benzene rings is 1. The molecule has 5 aliphatic carbocycles. The van der Waals surface area contributed by atoms with E-state index >= 15 is 0 Å². The maximum absolute atomic E-state index is 6.62. The van der Waals surface area contributed by atoms with E-state index in [-0.39, 0.29) is 6.10 Å². The average molecular weight is 519 g/mol. The monoisotopic (exact) mass is 518 g/mol. The highest BCUT2D eigenvalue weighted by atomic mass is 16.5. The van der Waals surface area contributed by atoms with Crippen molar-refractivity contribution in [3.63, 3.8) is 0 Å². The van der Waals surface area contributed by atoms with Crippen LogP contribution in [-0.4, -0.2) is 18.2 Å². The van der Waals surface area contributed by atoms with Crippen LogP contribution >= 0.6 is 0 Å². The smallest absolute Gasteiger partial charge is 0.125 e. The Labute approximate surface area is 234 Å². The molecule has 0 N–H and O–H groups in total. The molecule has 0 saturated carbocycles. The summed E-state index contributed by atoms with van der Waals surface area (Å²) in [4.78, 5) is 5.48. The van der Waals surface area contributed by atoms with Gasteiger partial charge in [-0.15, -0.1) is 0 Å². The van der Waals surface area contributed by atoms with Gasteiger partial charge in [-0.2, -0.15) is 0 Å². The van der Waals surface area contributed by atoms with Gasteiger partial charge in [-0.1, -0.05) is 36.5 Å². The predicted octanol–water partition coefficient (Wildman–Crippen LogP) is 8.98. The zero-order valence-corrected chi connectivity index (χ0v) is 23.2. The lowest BCUT2D eigenvalue weighted by molar-refractivity contribution is 0.131. The lowest BCUT2D eigenvalue weighted by Gasteiger charge is -2.43. The number of rotatable bonds is 4. The van der Waals surface area contributed by atoms with Gasteiger partial charge in [0.25, 0.3) is 0 Å². The molecule has 3 nitrogen and oxygen atoms in total. The van der Waals surface area contributed by atoms with E-state index in [9.17, 15) is 0 Å². The first-order valence-corrected chi connectivity index (χ1v) is 15.9. The topological polar surface area (TPSA) is 15.7 Å². The molecule has 5 atom stereocenters. The number of nitrogens with zero attached hydrogens (tertiary/aromatic N) is 2. The molecule has 0 radical (unpaired) electrons. The first-order chi connectivity index (χ1) is 19.4. The number of hydrogen-bond acceptors (Lipinski definition) is 3. The second-order valence-electron chi connectivity index (χ2n) is 12.6. The number of hydrogen-bond donors (Lipinski definition) is 0. The van der Waals surface area contributed by atoms with Crippen LogP contribution in [0.1, 0.15) is 95.0 Å². The van der Waals surface area contributed by atoms with Gasteiger partial charge in [0.15, 0.2) is 0 Å². The van der Waals surface area contributed by atoms with E-state index in [4.69, 9.17) is 4.74 Å². The zero-order valence-electron chi connectivity index (χ0n) is 23.2. The van der Waals surface area contributed by atoms with Crippen molar-refractivity contribution in [2.45, 2.75) is 108 Å². The van der Waals surface area contributed by atoms with Gasteiger partial charge in [-0.25, -0.2) is 0 Å². The van der Waals surface area contributed by atoms with Crippen LogP contribution in [0.3, 0.4) is 0 Å². The third-order valence-electron chi connectivity index (χ3n) is 10.5. The minimum Gasteiger partial charge on any atom is -0.490 e. The molecule has 0 aromatic heterocycles. The summed E-state index contributed by atoms with van der Waals surface area (Å²) >= 11 is 0. The molecule has 1 aromatic carbocycles. The van der Waals surface area contributed by atoms with Crippen LogP contribution in [0.4, 0.5) is 11.4 Å². The normalized spacial score (nSPS) is 32.6. The van der Waals surface area contributed by atoms with Gasteiger partial charge in [0.1, 0.15) is 6.10 Å². The van der Waals surface area contributed by atoms with Crippen LogP contribution in [-0.2, 0) is 4.74 Å². The molecule has 4 unspecified atom stereocenters. The summed E-state index contributed by atoms with van der Waals surface area (Å²) in [5.74, 6) is 2.41. The molecule has 202 valence electrons. The second kappa shape index (κ2) is 9.91. The fraction of sp³-hybridized carbons (Fsp3) is 0.500. The third kappa shape index (κ3) is 3.99. The summed E-state index contributed by atoms with van der Waals surface area (Å²) < 4.78 is 6.62. The van der Waals surface area contributed by atoms with E-state index in [2.05, 4.69) is 76.6 Å². The Balaban J connectivity index is 1.22. The molecular weight excluding hydrogens is 476 g/mol. The van der Waals surface area contributed by atoms with Crippen molar-refractivity contribution in [1.29, 1.82) is 0 Å². The summed E-state index contributed by atoms with van der Waals surface area (Å²) in [7, 11) is 0. The summed E-state index contributed by atoms with van der Waals surface area (Å²) in [6, 6.07) is 8.45. The molecule has 1 aromatic rings. The molecule has 3 heteroatoms. The zero-order chi connectivity index (χ0) is 25.8. The van der Waals surface area contributed by atoms with E-state index in [0.29, 0.717) is 23.9 Å². The SMILES string of the molecule is C1=CCCC(N2c3ccc(N(C4=CCCCC4)C4CC=CC5OC6=C(CCCC6)[C@@H]54)cc3C3CCC=CC32)=C1. The average Bonchev–Trinajstić information content (AvgIpc) is 3.54. The van der Waals surface area contributed by atoms with Crippen molar-refractivity contribution in [2.24, 2.45) is 5.92 Å². The fourth-order valence-electron chi connectivity index (χ4n) is 8.74. The summed E-state index contributed by atoms with van der Waals surface area (Å²) in [6.45, 7) is 0. The van der Waals surface area contributed by atoms with Crippen molar-refractivity contribution in [1.82, 2.24) is 0 Å². The van der Waals surface area contributed by atoms with Crippen LogP contribution in [0.15, 0.2) is 89.5 Å². The number of allylic oxidation sites excluding steroid dienone is 8. The molecular formula is C36H42N2O. The maximum atomic E-state index is 6.62. The van der Waals surface area contributed by atoms with Crippen molar-refractivity contribution in [3.05, 3.63) is 95.1 Å². The van der Waals surface area contributed by atoms with Crippen molar-refractivity contribution in [2.75, 3.05) is 9.80 Å². The molecule has 0 fully saturated rings. The van der Waals surface area contributed by atoms with Crippen molar-refractivity contribution >= 4 is 11.4 Å². The Morgan fingerprint density at radius 2 is 1.82 bits per heavy atom. The standard InChI is InChI=1S/C36H42N2O/c1-3-12-25(13-4-1)37(33-19-11-21-35-36(33)29-17-8-10-20-34(29)39-35)27-22-23-32-30(24-27)28-16-7-9-18-31(28)38(32)26-14-5-2-6-15-26/h2,5,9,11-12,14,18,21-24,28,31,33,35-36H,1,3-4,6-8,10,13,15-17,19-20H2/t28?,31?,33?,35?,36-/m1/s1. The second-order valence-corrected chi connectivity index (χ2v) is 12.6. The Morgan fingerprint density at radius 3 is 2.72 bits per heavy atom. The fourth-order valence-corrected chi connectivity index (χ4v) is 8.74. The molecule has 7 aliphatic rings. The molecule has 2 aliphatic heterocycles. The van der Waals surface area contributed by atoms with Crippen LogP contribution in [0.5, 0.6) is 0 Å². The Hall–Kier alpha value is -2.94. The molecule has 0 spiro atoms. The highest BCUT2D eigenvalue weighted by molar-refractivity contribution is 5.73. The molecule has 2 heterocycles. The van der Waals surface area contributed by atoms with Crippen molar-refractivity contribution < 1.29 is 4.74 Å². The highest BCUT2D eigenvalue weighted by Crippen LogP contribution is 2.52. The van der Waals surface area contributed by atoms with Crippen LogP contribution < -0.4 is 9.80 Å². The van der Waals surface area contributed by atoms with Gasteiger partial charge in [-0.3, -0.25) is 0 Å². The lowest BCUT2D eigenvalue weighted by Crippen LogP contribution is -2.45.